The molecular formula is C21H20O5. The lowest BCUT2D eigenvalue weighted by molar-refractivity contribution is -0.142. The zero-order valence-electron chi connectivity index (χ0n) is 14.7. The van der Waals surface area contributed by atoms with E-state index in [2.05, 4.69) is 12.1 Å². The van der Waals surface area contributed by atoms with Gasteiger partial charge < -0.3 is 19.3 Å². The van der Waals surface area contributed by atoms with Crippen LogP contribution in [0, 0.1) is 5.92 Å². The molecule has 1 N–H and O–H groups in total. The molecule has 3 unspecified atom stereocenters. The van der Waals surface area contributed by atoms with E-state index in [1.165, 1.54) is 16.7 Å². The molecule has 5 heteroatoms. The van der Waals surface area contributed by atoms with Gasteiger partial charge in [0.05, 0.1) is 20.1 Å². The van der Waals surface area contributed by atoms with Crippen molar-refractivity contribution >= 4 is 16.7 Å². The molecule has 134 valence electrons. The summed E-state index contributed by atoms with van der Waals surface area (Å²) in [6, 6.07) is 8.12. The number of hydrogen-bond donors (Lipinski definition) is 1. The SMILES string of the molecule is COc1ccc(OC)c2cc3c(cc12)C1OC3C2=C1CCC(C(=O)O)C2. The molecule has 2 heterocycles. The van der Waals surface area contributed by atoms with E-state index in [-0.39, 0.29) is 18.1 Å². The molecule has 2 aromatic rings. The Bertz CT molecular complexity index is 974. The van der Waals surface area contributed by atoms with Gasteiger partial charge in [-0.2, -0.15) is 0 Å². The van der Waals surface area contributed by atoms with Gasteiger partial charge in [0.1, 0.15) is 23.7 Å². The Morgan fingerprint density at radius 2 is 1.62 bits per heavy atom. The van der Waals surface area contributed by atoms with Crippen LogP contribution in [0.5, 0.6) is 11.5 Å². The lowest BCUT2D eigenvalue weighted by atomic mass is 9.75. The molecule has 1 aliphatic carbocycles. The summed E-state index contributed by atoms with van der Waals surface area (Å²) in [6.45, 7) is 0. The van der Waals surface area contributed by atoms with E-state index in [0.717, 1.165) is 34.3 Å². The summed E-state index contributed by atoms with van der Waals surface area (Å²) in [6.07, 6.45) is 1.94. The van der Waals surface area contributed by atoms with Crippen LogP contribution in [-0.4, -0.2) is 25.3 Å². The van der Waals surface area contributed by atoms with Gasteiger partial charge in [-0.3, -0.25) is 4.79 Å². The van der Waals surface area contributed by atoms with Crippen molar-refractivity contribution < 1.29 is 24.1 Å². The molecule has 0 fully saturated rings. The minimum absolute atomic E-state index is 0.0416. The highest BCUT2D eigenvalue weighted by Gasteiger charge is 2.47. The summed E-state index contributed by atoms with van der Waals surface area (Å²) < 4.78 is 17.4. The van der Waals surface area contributed by atoms with Crippen LogP contribution in [0.2, 0.25) is 0 Å². The molecule has 5 nitrogen and oxygen atoms in total. The minimum Gasteiger partial charge on any atom is -0.496 e. The first-order valence-corrected chi connectivity index (χ1v) is 8.91. The first-order valence-electron chi connectivity index (χ1n) is 8.91. The van der Waals surface area contributed by atoms with Gasteiger partial charge in [-0.05, 0) is 65.8 Å². The van der Waals surface area contributed by atoms with Gasteiger partial charge in [0.2, 0.25) is 0 Å². The summed E-state index contributed by atoms with van der Waals surface area (Å²) in [5, 5.41) is 11.4. The molecule has 2 aromatic carbocycles. The molecule has 26 heavy (non-hydrogen) atoms. The summed E-state index contributed by atoms with van der Waals surface area (Å²) >= 11 is 0. The van der Waals surface area contributed by atoms with Crippen molar-refractivity contribution in [1.29, 1.82) is 0 Å². The third kappa shape index (κ3) is 1.98. The smallest absolute Gasteiger partial charge is 0.306 e. The fourth-order valence-electron chi connectivity index (χ4n) is 4.78. The number of hydrogen-bond acceptors (Lipinski definition) is 4. The van der Waals surface area contributed by atoms with Crippen LogP contribution >= 0.6 is 0 Å². The molecule has 0 saturated heterocycles. The van der Waals surface area contributed by atoms with E-state index >= 15 is 0 Å². The van der Waals surface area contributed by atoms with Gasteiger partial charge >= 0.3 is 5.97 Å². The number of carboxylic acids is 1. The predicted molar refractivity (Wildman–Crippen MR) is 95.6 cm³/mol. The Morgan fingerprint density at radius 3 is 2.15 bits per heavy atom. The third-order valence-electron chi connectivity index (χ3n) is 6.04. The van der Waals surface area contributed by atoms with Crippen molar-refractivity contribution in [1.82, 2.24) is 0 Å². The summed E-state index contributed by atoms with van der Waals surface area (Å²) in [7, 11) is 3.33. The van der Waals surface area contributed by atoms with E-state index in [1.54, 1.807) is 14.2 Å². The van der Waals surface area contributed by atoms with Crippen molar-refractivity contribution in [3.05, 3.63) is 46.5 Å². The van der Waals surface area contributed by atoms with Crippen molar-refractivity contribution in [2.75, 3.05) is 14.2 Å². The number of carbonyl (C=O) groups is 1. The topological polar surface area (TPSA) is 65.0 Å². The lowest BCUT2D eigenvalue weighted by Gasteiger charge is -2.27. The number of rotatable bonds is 3. The van der Waals surface area contributed by atoms with Gasteiger partial charge in [0, 0.05) is 10.8 Å². The number of fused-ring (bicyclic) bond motifs is 8. The van der Waals surface area contributed by atoms with Gasteiger partial charge in [0.25, 0.3) is 0 Å². The van der Waals surface area contributed by atoms with Crippen molar-refractivity contribution in [2.45, 2.75) is 31.5 Å². The standard InChI is InChI=1S/C21H20O5/c1-24-17-5-6-18(25-2)13-9-16-15(8-12(13)17)19-11-4-3-10(21(22)23)7-14(11)20(16)26-19/h5-6,8-10,19-20H,3-4,7H2,1-2H3,(H,22,23). The van der Waals surface area contributed by atoms with Crippen LogP contribution in [0.15, 0.2) is 35.4 Å². The monoisotopic (exact) mass is 352 g/mol. The highest BCUT2D eigenvalue weighted by Crippen LogP contribution is 2.59. The van der Waals surface area contributed by atoms with Crippen LogP contribution in [0.4, 0.5) is 0 Å². The third-order valence-corrected chi connectivity index (χ3v) is 6.04. The Balaban J connectivity index is 1.66. The van der Waals surface area contributed by atoms with Crippen molar-refractivity contribution in [2.24, 2.45) is 5.92 Å². The first kappa shape index (κ1) is 15.7. The maximum Gasteiger partial charge on any atom is 0.306 e. The van der Waals surface area contributed by atoms with Crippen LogP contribution in [0.25, 0.3) is 10.8 Å². The predicted octanol–water partition coefficient (Wildman–Crippen LogP) is 4.16. The molecule has 0 aromatic heterocycles. The van der Waals surface area contributed by atoms with E-state index in [9.17, 15) is 9.90 Å². The number of methoxy groups -OCH3 is 2. The second-order valence-corrected chi connectivity index (χ2v) is 7.22. The maximum atomic E-state index is 11.4. The Morgan fingerprint density at radius 1 is 1.04 bits per heavy atom. The molecule has 2 bridgehead atoms. The number of aliphatic carboxylic acids is 1. The molecule has 0 saturated carbocycles. The zero-order valence-corrected chi connectivity index (χ0v) is 14.7. The molecular weight excluding hydrogens is 332 g/mol. The summed E-state index contributed by atoms with van der Waals surface area (Å²) in [5.74, 6) is 0.613. The Hall–Kier alpha value is -2.53. The molecule has 0 amide bonds. The largest absolute Gasteiger partial charge is 0.496 e. The molecule has 3 atom stereocenters. The minimum atomic E-state index is -0.704. The average Bonchev–Trinajstić information content (AvgIpc) is 3.22. The fraction of sp³-hybridized carbons (Fsp3) is 0.381. The van der Waals surface area contributed by atoms with Crippen LogP contribution in [-0.2, 0) is 9.53 Å². The van der Waals surface area contributed by atoms with Gasteiger partial charge in [-0.25, -0.2) is 0 Å². The normalized spacial score (nSPS) is 26.0. The van der Waals surface area contributed by atoms with E-state index in [1.807, 2.05) is 12.1 Å². The lowest BCUT2D eigenvalue weighted by Crippen LogP contribution is -2.21. The Kier molecular flexibility index (Phi) is 3.31. The molecule has 0 spiro atoms. The van der Waals surface area contributed by atoms with Crippen LogP contribution in [0.1, 0.15) is 42.6 Å². The average molecular weight is 352 g/mol. The Labute approximate surface area is 151 Å². The van der Waals surface area contributed by atoms with Gasteiger partial charge in [0.15, 0.2) is 0 Å². The highest BCUT2D eigenvalue weighted by molar-refractivity contribution is 5.95. The van der Waals surface area contributed by atoms with Crippen LogP contribution < -0.4 is 9.47 Å². The second kappa shape index (κ2) is 5.48. The number of carboxylic acid groups (broad SMARTS) is 1. The van der Waals surface area contributed by atoms with Gasteiger partial charge in [-0.1, -0.05) is 0 Å². The van der Waals surface area contributed by atoms with Gasteiger partial charge in [-0.15, -0.1) is 0 Å². The number of ether oxygens (including phenoxy) is 3. The summed E-state index contributed by atoms with van der Waals surface area (Å²) in [5.41, 5.74) is 4.80. The van der Waals surface area contributed by atoms with E-state index in [4.69, 9.17) is 14.2 Å². The summed E-state index contributed by atoms with van der Waals surface area (Å²) in [4.78, 5) is 11.4. The fourth-order valence-corrected chi connectivity index (χ4v) is 4.78. The first-order chi connectivity index (χ1) is 12.6. The van der Waals surface area contributed by atoms with Crippen molar-refractivity contribution in [3.63, 3.8) is 0 Å². The second-order valence-electron chi connectivity index (χ2n) is 7.22. The van der Waals surface area contributed by atoms with Crippen molar-refractivity contribution in [3.8, 4) is 11.5 Å². The molecule has 2 aliphatic heterocycles. The molecule has 0 radical (unpaired) electrons. The molecule has 5 rings (SSSR count). The molecule has 3 aliphatic rings. The van der Waals surface area contributed by atoms with E-state index < -0.39 is 5.97 Å². The van der Waals surface area contributed by atoms with Crippen LogP contribution in [0.3, 0.4) is 0 Å². The number of benzene rings is 2. The quantitative estimate of drug-likeness (QED) is 0.840. The zero-order chi connectivity index (χ0) is 18.0. The highest BCUT2D eigenvalue weighted by atomic mass is 16.5. The van der Waals surface area contributed by atoms with E-state index in [0.29, 0.717) is 12.8 Å². The maximum absolute atomic E-state index is 11.4.